The molecule has 0 radical (unpaired) electrons. The predicted molar refractivity (Wildman–Crippen MR) is 65.0 cm³/mol. The molecule has 0 aliphatic carbocycles. The van der Waals surface area contributed by atoms with Crippen molar-refractivity contribution in [1.82, 2.24) is 0 Å². The average Bonchev–Trinajstić information content (AvgIpc) is 2.55. The van der Waals surface area contributed by atoms with E-state index in [0.717, 1.165) is 5.56 Å². The summed E-state index contributed by atoms with van der Waals surface area (Å²) in [6.45, 7) is 1.80. The molecular weight excluding hydrogens is 254 g/mol. The van der Waals surface area contributed by atoms with Crippen LogP contribution in [0.15, 0.2) is 18.2 Å². The number of ether oxygens (including phenoxy) is 1. The van der Waals surface area contributed by atoms with Gasteiger partial charge in [0.05, 0.1) is 23.1 Å². The summed E-state index contributed by atoms with van der Waals surface area (Å²) in [5, 5.41) is 18.4. The fourth-order valence-electron chi connectivity index (χ4n) is 1.87. The van der Waals surface area contributed by atoms with Crippen LogP contribution in [0.25, 0.3) is 0 Å². The summed E-state index contributed by atoms with van der Waals surface area (Å²) in [6.07, 6.45) is -1.78. The van der Waals surface area contributed by atoms with E-state index in [2.05, 4.69) is 0 Å². The first-order valence-corrected chi connectivity index (χ1v) is 7.29. The lowest BCUT2D eigenvalue weighted by molar-refractivity contribution is 0.0733. The molecule has 0 saturated carbocycles. The number of hydrogen-bond acceptors (Lipinski definition) is 5. The number of hydrogen-bond donors (Lipinski definition) is 1. The molecule has 18 heavy (non-hydrogen) atoms. The van der Waals surface area contributed by atoms with E-state index in [-0.39, 0.29) is 11.5 Å². The van der Waals surface area contributed by atoms with Crippen LogP contribution >= 0.6 is 0 Å². The van der Waals surface area contributed by atoms with Gasteiger partial charge in [-0.15, -0.1) is 0 Å². The molecule has 1 aliphatic rings. The monoisotopic (exact) mass is 267 g/mol. The molecule has 1 heterocycles. The molecule has 2 atom stereocenters. The Hall–Kier alpha value is -1.58. The van der Waals surface area contributed by atoms with Crippen molar-refractivity contribution in [2.45, 2.75) is 19.1 Å². The van der Waals surface area contributed by atoms with Crippen molar-refractivity contribution in [2.75, 3.05) is 11.5 Å². The van der Waals surface area contributed by atoms with E-state index in [9.17, 15) is 13.5 Å². The number of benzene rings is 1. The van der Waals surface area contributed by atoms with Gasteiger partial charge in [0.1, 0.15) is 18.0 Å². The van der Waals surface area contributed by atoms with Crippen LogP contribution in [0.4, 0.5) is 0 Å². The van der Waals surface area contributed by atoms with Gasteiger partial charge < -0.3 is 9.84 Å². The summed E-state index contributed by atoms with van der Waals surface area (Å²) in [6, 6.07) is 6.92. The number of aliphatic hydroxyl groups is 1. The molecule has 1 fully saturated rings. The molecule has 2 unspecified atom stereocenters. The summed E-state index contributed by atoms with van der Waals surface area (Å²) in [5.41, 5.74) is 1.23. The molecule has 1 aromatic carbocycles. The smallest absolute Gasteiger partial charge is 0.156 e. The van der Waals surface area contributed by atoms with Crippen molar-refractivity contribution >= 4 is 9.84 Å². The van der Waals surface area contributed by atoms with Gasteiger partial charge in [-0.25, -0.2) is 8.42 Å². The maximum absolute atomic E-state index is 11.4. The second-order valence-electron chi connectivity index (χ2n) is 4.39. The lowest BCUT2D eigenvalue weighted by atomic mass is 10.1. The molecule has 1 saturated heterocycles. The molecule has 6 heteroatoms. The average molecular weight is 267 g/mol. The van der Waals surface area contributed by atoms with E-state index in [1.165, 1.54) is 0 Å². The highest BCUT2D eigenvalue weighted by Gasteiger charge is 2.38. The van der Waals surface area contributed by atoms with Crippen LogP contribution in [0.5, 0.6) is 5.75 Å². The van der Waals surface area contributed by atoms with Crippen LogP contribution in [0.2, 0.25) is 0 Å². The zero-order chi connectivity index (χ0) is 13.3. The fraction of sp³-hybridized carbons (Fsp3) is 0.417. The molecule has 0 bridgehead atoms. The Morgan fingerprint density at radius 2 is 2.17 bits per heavy atom. The molecule has 1 aliphatic heterocycles. The number of aliphatic hydroxyl groups excluding tert-OH is 1. The van der Waals surface area contributed by atoms with E-state index in [4.69, 9.17) is 10.00 Å². The molecule has 5 nitrogen and oxygen atoms in total. The van der Waals surface area contributed by atoms with E-state index in [1.807, 2.05) is 6.07 Å². The quantitative estimate of drug-likeness (QED) is 0.838. The van der Waals surface area contributed by atoms with Gasteiger partial charge in [-0.3, -0.25) is 0 Å². The molecule has 1 N–H and O–H groups in total. The van der Waals surface area contributed by atoms with Crippen molar-refractivity contribution in [1.29, 1.82) is 5.26 Å². The molecule has 0 spiro atoms. The SMILES string of the molecule is Cc1ccc(C#N)cc1OC1CS(=O)(=O)CC1O. The highest BCUT2D eigenvalue weighted by Crippen LogP contribution is 2.24. The van der Waals surface area contributed by atoms with Crippen LogP contribution in [0.1, 0.15) is 11.1 Å². The number of nitriles is 1. The summed E-state index contributed by atoms with van der Waals surface area (Å²) < 4.78 is 28.2. The van der Waals surface area contributed by atoms with E-state index < -0.39 is 22.0 Å². The van der Waals surface area contributed by atoms with E-state index in [0.29, 0.717) is 11.3 Å². The van der Waals surface area contributed by atoms with Crippen molar-refractivity contribution in [2.24, 2.45) is 0 Å². The second-order valence-corrected chi connectivity index (χ2v) is 6.55. The highest BCUT2D eigenvalue weighted by atomic mass is 32.2. The first-order valence-electron chi connectivity index (χ1n) is 5.47. The maximum Gasteiger partial charge on any atom is 0.156 e. The maximum atomic E-state index is 11.4. The van der Waals surface area contributed by atoms with Crippen LogP contribution in [0.3, 0.4) is 0 Å². The molecule has 1 aromatic rings. The van der Waals surface area contributed by atoms with Gasteiger partial charge in [0.2, 0.25) is 0 Å². The first-order chi connectivity index (χ1) is 8.41. The number of aryl methyl sites for hydroxylation is 1. The zero-order valence-electron chi connectivity index (χ0n) is 9.83. The van der Waals surface area contributed by atoms with Gasteiger partial charge in [-0.2, -0.15) is 5.26 Å². The van der Waals surface area contributed by atoms with E-state index in [1.54, 1.807) is 25.1 Å². The summed E-state index contributed by atoms with van der Waals surface area (Å²) in [4.78, 5) is 0. The van der Waals surface area contributed by atoms with E-state index >= 15 is 0 Å². The second kappa shape index (κ2) is 4.59. The van der Waals surface area contributed by atoms with Crippen molar-refractivity contribution in [3.05, 3.63) is 29.3 Å². The first kappa shape index (κ1) is 12.9. The van der Waals surface area contributed by atoms with Gasteiger partial charge in [0, 0.05) is 0 Å². The minimum atomic E-state index is -3.23. The zero-order valence-corrected chi connectivity index (χ0v) is 10.6. The lowest BCUT2D eigenvalue weighted by Crippen LogP contribution is -2.30. The molecule has 96 valence electrons. The van der Waals surface area contributed by atoms with Crippen LogP contribution in [-0.2, 0) is 9.84 Å². The van der Waals surface area contributed by atoms with Gasteiger partial charge in [0.15, 0.2) is 9.84 Å². The highest BCUT2D eigenvalue weighted by molar-refractivity contribution is 7.91. The minimum Gasteiger partial charge on any atom is -0.486 e. The van der Waals surface area contributed by atoms with Crippen LogP contribution in [0, 0.1) is 18.3 Å². The summed E-state index contributed by atoms with van der Waals surface area (Å²) >= 11 is 0. The third-order valence-corrected chi connectivity index (χ3v) is 4.55. The summed E-state index contributed by atoms with van der Waals surface area (Å²) in [5.74, 6) is -0.0193. The Morgan fingerprint density at radius 3 is 2.72 bits per heavy atom. The molecule has 2 rings (SSSR count). The van der Waals surface area contributed by atoms with Crippen LogP contribution in [-0.4, -0.2) is 37.2 Å². The fourth-order valence-corrected chi connectivity index (χ4v) is 3.53. The Bertz CT molecular complexity index is 603. The van der Waals surface area contributed by atoms with Gasteiger partial charge >= 0.3 is 0 Å². The third kappa shape index (κ3) is 2.63. The standard InChI is InChI=1S/C12H13NO4S/c1-8-2-3-9(5-13)4-11(8)17-12-7-18(15,16)6-10(12)14/h2-4,10,12,14H,6-7H2,1H3. The topological polar surface area (TPSA) is 87.4 Å². The Labute approximate surface area is 106 Å². The molecule has 0 amide bonds. The van der Waals surface area contributed by atoms with Crippen LogP contribution < -0.4 is 4.74 Å². The summed E-state index contributed by atoms with van der Waals surface area (Å²) in [7, 11) is -3.23. The van der Waals surface area contributed by atoms with Crippen molar-refractivity contribution in [3.8, 4) is 11.8 Å². The largest absolute Gasteiger partial charge is 0.486 e. The Balaban J connectivity index is 2.23. The lowest BCUT2D eigenvalue weighted by Gasteiger charge is -2.17. The van der Waals surface area contributed by atoms with Crippen molar-refractivity contribution < 1.29 is 18.3 Å². The molecular formula is C12H13NO4S. The molecule has 0 aromatic heterocycles. The normalized spacial score (nSPS) is 25.6. The number of nitrogens with zero attached hydrogens (tertiary/aromatic N) is 1. The van der Waals surface area contributed by atoms with Gasteiger partial charge in [-0.05, 0) is 24.6 Å². The predicted octanol–water partition coefficient (Wildman–Crippen LogP) is 0.403. The Kier molecular flexibility index (Phi) is 3.28. The van der Waals surface area contributed by atoms with Gasteiger partial charge in [0.25, 0.3) is 0 Å². The Morgan fingerprint density at radius 1 is 1.44 bits per heavy atom. The number of sulfone groups is 1. The number of rotatable bonds is 2. The van der Waals surface area contributed by atoms with Gasteiger partial charge in [-0.1, -0.05) is 6.07 Å². The van der Waals surface area contributed by atoms with Crippen molar-refractivity contribution in [3.63, 3.8) is 0 Å². The minimum absolute atomic E-state index is 0.190. The third-order valence-electron chi connectivity index (χ3n) is 2.87.